The number of aromatic nitrogens is 2. The Morgan fingerprint density at radius 2 is 1.79 bits per heavy atom. The quantitative estimate of drug-likeness (QED) is 0.868. The van der Waals surface area contributed by atoms with E-state index in [9.17, 15) is 4.79 Å². The van der Waals surface area contributed by atoms with Crippen molar-refractivity contribution in [3.8, 4) is 5.69 Å². The molecule has 1 aromatic carbocycles. The van der Waals surface area contributed by atoms with Crippen molar-refractivity contribution < 1.29 is 14.1 Å². The van der Waals surface area contributed by atoms with Crippen LogP contribution in [0, 0.1) is 6.92 Å². The van der Waals surface area contributed by atoms with Crippen LogP contribution in [0.5, 0.6) is 0 Å². The fraction of sp³-hybridized carbons (Fsp3) is 0.412. The number of amides is 1. The molecule has 0 unspecified atom stereocenters. The zero-order valence-corrected chi connectivity index (χ0v) is 14.7. The van der Waals surface area contributed by atoms with E-state index in [2.05, 4.69) is 5.10 Å². The van der Waals surface area contributed by atoms with Crippen LogP contribution in [0.4, 0.5) is 0 Å². The van der Waals surface area contributed by atoms with E-state index < -0.39 is 24.2 Å². The number of hydrogen-bond donors (Lipinski definition) is 1. The van der Waals surface area contributed by atoms with Crippen LogP contribution in [0.25, 0.3) is 5.69 Å². The van der Waals surface area contributed by atoms with E-state index in [1.54, 1.807) is 10.7 Å². The molecule has 0 saturated carbocycles. The molecular formula is C17H22BN3O3. The predicted octanol–water partition coefficient (Wildman–Crippen LogP) is 1.58. The van der Waals surface area contributed by atoms with Crippen LogP contribution < -0.4 is 11.2 Å². The molecule has 0 aliphatic carbocycles. The van der Waals surface area contributed by atoms with Gasteiger partial charge in [-0.3, -0.25) is 4.79 Å². The first-order chi connectivity index (χ1) is 11.1. The van der Waals surface area contributed by atoms with Gasteiger partial charge in [-0.05, 0) is 58.3 Å². The highest BCUT2D eigenvalue weighted by molar-refractivity contribution is 6.62. The lowest BCUT2D eigenvalue weighted by Crippen LogP contribution is -2.41. The first-order valence-electron chi connectivity index (χ1n) is 7.93. The molecule has 2 heterocycles. The first-order valence-corrected chi connectivity index (χ1v) is 7.93. The lowest BCUT2D eigenvalue weighted by Gasteiger charge is -2.32. The molecule has 1 saturated heterocycles. The Hall–Kier alpha value is -2.12. The molecule has 24 heavy (non-hydrogen) atoms. The molecule has 0 atom stereocenters. The number of nitrogens with two attached hydrogens (primary N) is 1. The van der Waals surface area contributed by atoms with Crippen molar-refractivity contribution >= 4 is 18.5 Å². The van der Waals surface area contributed by atoms with E-state index in [0.717, 1.165) is 16.8 Å². The summed E-state index contributed by atoms with van der Waals surface area (Å²) in [4.78, 5) is 11.3. The Labute approximate surface area is 142 Å². The Balaban J connectivity index is 1.95. The lowest BCUT2D eigenvalue weighted by atomic mass is 9.79. The first kappa shape index (κ1) is 16.7. The van der Waals surface area contributed by atoms with Gasteiger partial charge in [0.25, 0.3) is 5.91 Å². The van der Waals surface area contributed by atoms with Crippen LogP contribution in [0.15, 0.2) is 30.3 Å². The van der Waals surface area contributed by atoms with Gasteiger partial charge in [0.15, 0.2) is 5.69 Å². The number of nitrogens with zero attached hydrogens (tertiary/aromatic N) is 2. The largest absolute Gasteiger partial charge is 0.494 e. The van der Waals surface area contributed by atoms with Gasteiger partial charge in [0, 0.05) is 5.69 Å². The molecule has 0 radical (unpaired) electrons. The average molecular weight is 327 g/mol. The summed E-state index contributed by atoms with van der Waals surface area (Å²) in [6.45, 7) is 9.96. The number of rotatable bonds is 3. The van der Waals surface area contributed by atoms with Crippen molar-refractivity contribution in [2.75, 3.05) is 0 Å². The van der Waals surface area contributed by atoms with Gasteiger partial charge in [-0.2, -0.15) is 5.10 Å². The second-order valence-electron chi connectivity index (χ2n) is 7.13. The maximum absolute atomic E-state index is 11.3. The van der Waals surface area contributed by atoms with E-state index in [0.29, 0.717) is 0 Å². The number of carbonyl (C=O) groups excluding carboxylic acids is 1. The lowest BCUT2D eigenvalue weighted by molar-refractivity contribution is 0.00578. The molecule has 1 fully saturated rings. The summed E-state index contributed by atoms with van der Waals surface area (Å²) in [6.07, 6.45) is 0. The standard InChI is InChI=1S/C17H22BN3O3/c1-11-9-14(15(19)22)20-21(11)13-8-6-7-12(10-13)18-23-16(2,3)17(4,5)24-18/h6-10H,1-5H3,(H2,19,22). The van der Waals surface area contributed by atoms with Gasteiger partial charge < -0.3 is 15.0 Å². The Kier molecular flexibility index (Phi) is 3.81. The van der Waals surface area contributed by atoms with E-state index >= 15 is 0 Å². The number of aryl methyl sites for hydroxylation is 1. The minimum Gasteiger partial charge on any atom is -0.399 e. The van der Waals surface area contributed by atoms with Gasteiger partial charge in [0.2, 0.25) is 0 Å². The predicted molar refractivity (Wildman–Crippen MR) is 92.5 cm³/mol. The van der Waals surface area contributed by atoms with Gasteiger partial charge in [0.05, 0.1) is 16.9 Å². The number of benzene rings is 1. The summed E-state index contributed by atoms with van der Waals surface area (Å²) < 4.78 is 13.9. The van der Waals surface area contributed by atoms with Gasteiger partial charge in [-0.15, -0.1) is 0 Å². The molecule has 1 amide bonds. The second-order valence-corrected chi connectivity index (χ2v) is 7.13. The Morgan fingerprint density at radius 3 is 2.33 bits per heavy atom. The molecule has 1 aliphatic heterocycles. The minimum atomic E-state index is -0.543. The molecule has 0 bridgehead atoms. The summed E-state index contributed by atoms with van der Waals surface area (Å²) in [5.41, 5.74) is 7.32. The number of primary amides is 1. The SMILES string of the molecule is Cc1cc(C(N)=O)nn1-c1cccc(B2OC(C)(C)C(C)(C)O2)c1. The molecule has 0 spiro atoms. The van der Waals surface area contributed by atoms with Gasteiger partial charge in [-0.25, -0.2) is 4.68 Å². The maximum atomic E-state index is 11.3. The highest BCUT2D eigenvalue weighted by atomic mass is 16.7. The number of hydrogen-bond acceptors (Lipinski definition) is 4. The second kappa shape index (κ2) is 5.46. The summed E-state index contributed by atoms with van der Waals surface area (Å²) in [5.74, 6) is -0.543. The normalized spacial score (nSPS) is 18.8. The third-order valence-electron chi connectivity index (χ3n) is 4.78. The van der Waals surface area contributed by atoms with E-state index in [1.807, 2.05) is 58.9 Å². The fourth-order valence-electron chi connectivity index (χ4n) is 2.64. The molecule has 7 heteroatoms. The zero-order chi connectivity index (χ0) is 17.7. The maximum Gasteiger partial charge on any atom is 0.494 e. The van der Waals surface area contributed by atoms with Crippen molar-refractivity contribution in [3.63, 3.8) is 0 Å². The summed E-state index contributed by atoms with van der Waals surface area (Å²) >= 11 is 0. The van der Waals surface area contributed by atoms with Gasteiger partial charge >= 0.3 is 7.12 Å². The summed E-state index contributed by atoms with van der Waals surface area (Å²) in [5, 5.41) is 4.26. The van der Waals surface area contributed by atoms with Crippen LogP contribution >= 0.6 is 0 Å². The van der Waals surface area contributed by atoms with Gasteiger partial charge in [0.1, 0.15) is 0 Å². The number of carbonyl (C=O) groups is 1. The van der Waals surface area contributed by atoms with E-state index in [4.69, 9.17) is 15.0 Å². The molecule has 1 aromatic heterocycles. The Bertz CT molecular complexity index is 782. The third kappa shape index (κ3) is 2.74. The molecule has 126 valence electrons. The molecule has 6 nitrogen and oxygen atoms in total. The minimum absolute atomic E-state index is 0.244. The van der Waals surface area contributed by atoms with Gasteiger partial charge in [-0.1, -0.05) is 12.1 Å². The molecular weight excluding hydrogens is 305 g/mol. The van der Waals surface area contributed by atoms with Crippen molar-refractivity contribution in [3.05, 3.63) is 41.7 Å². The van der Waals surface area contributed by atoms with Crippen LogP contribution in [-0.2, 0) is 9.31 Å². The topological polar surface area (TPSA) is 79.4 Å². The average Bonchev–Trinajstić information content (AvgIpc) is 2.97. The molecule has 2 N–H and O–H groups in total. The summed E-state index contributed by atoms with van der Waals surface area (Å²) in [7, 11) is -0.443. The van der Waals surface area contributed by atoms with Crippen molar-refractivity contribution in [2.45, 2.75) is 45.8 Å². The zero-order valence-electron chi connectivity index (χ0n) is 14.7. The monoisotopic (exact) mass is 327 g/mol. The molecule has 2 aromatic rings. The van der Waals surface area contributed by atoms with E-state index in [1.165, 1.54) is 0 Å². The third-order valence-corrected chi connectivity index (χ3v) is 4.78. The Morgan fingerprint density at radius 1 is 1.17 bits per heavy atom. The van der Waals surface area contributed by atoms with Crippen LogP contribution in [0.3, 0.4) is 0 Å². The van der Waals surface area contributed by atoms with Crippen molar-refractivity contribution in [2.24, 2.45) is 5.73 Å². The van der Waals surface area contributed by atoms with Crippen molar-refractivity contribution in [1.29, 1.82) is 0 Å². The highest BCUT2D eigenvalue weighted by Crippen LogP contribution is 2.36. The van der Waals surface area contributed by atoms with E-state index in [-0.39, 0.29) is 5.69 Å². The smallest absolute Gasteiger partial charge is 0.399 e. The highest BCUT2D eigenvalue weighted by Gasteiger charge is 2.51. The van der Waals surface area contributed by atoms with Crippen LogP contribution in [0.1, 0.15) is 43.9 Å². The van der Waals surface area contributed by atoms with Crippen LogP contribution in [-0.4, -0.2) is 34.0 Å². The molecule has 3 rings (SSSR count). The summed E-state index contributed by atoms with van der Waals surface area (Å²) in [6, 6.07) is 9.41. The fourth-order valence-corrected chi connectivity index (χ4v) is 2.64. The van der Waals surface area contributed by atoms with Crippen LogP contribution in [0.2, 0.25) is 0 Å². The molecule has 1 aliphatic rings. The van der Waals surface area contributed by atoms with Crippen molar-refractivity contribution in [1.82, 2.24) is 9.78 Å².